The molecule has 4 saturated carbocycles. The van der Waals surface area contributed by atoms with E-state index in [1.54, 1.807) is 0 Å². The summed E-state index contributed by atoms with van der Waals surface area (Å²) in [5, 5.41) is 64.3. The minimum Gasteiger partial charge on any atom is -0.394 e. The molecular formula is C40H64O12. The van der Waals surface area contributed by atoms with E-state index < -0.39 is 67.2 Å². The lowest BCUT2D eigenvalue weighted by Crippen LogP contribution is -2.68. The fourth-order valence-corrected chi connectivity index (χ4v) is 14.1. The first-order valence-electron chi connectivity index (χ1n) is 19.9. The Morgan fingerprint density at radius 1 is 0.827 bits per heavy atom. The van der Waals surface area contributed by atoms with Gasteiger partial charge in [0.25, 0.3) is 0 Å². The van der Waals surface area contributed by atoms with Gasteiger partial charge in [0.15, 0.2) is 18.4 Å². The van der Waals surface area contributed by atoms with Gasteiger partial charge < -0.3 is 59.1 Å². The zero-order valence-electron chi connectivity index (χ0n) is 32.1. The van der Waals surface area contributed by atoms with Crippen LogP contribution in [-0.4, -0.2) is 124 Å². The molecule has 2 bridgehead atoms. The molecule has 296 valence electrons. The second-order valence-corrected chi connectivity index (χ2v) is 19.6. The highest BCUT2D eigenvalue weighted by atomic mass is 16.8. The second-order valence-electron chi connectivity index (χ2n) is 19.6. The Kier molecular flexibility index (Phi) is 9.27. The Balaban J connectivity index is 1.03. The lowest BCUT2D eigenvalue weighted by molar-refractivity contribution is -0.345. The van der Waals surface area contributed by atoms with E-state index in [-0.39, 0.29) is 46.2 Å². The minimum atomic E-state index is -1.46. The van der Waals surface area contributed by atoms with Gasteiger partial charge in [-0.25, -0.2) is 0 Å². The van der Waals surface area contributed by atoms with Gasteiger partial charge in [-0.2, -0.15) is 0 Å². The van der Waals surface area contributed by atoms with Gasteiger partial charge in [0.05, 0.1) is 38.1 Å². The molecule has 8 fully saturated rings. The molecule has 6 N–H and O–H groups in total. The first-order chi connectivity index (χ1) is 24.4. The van der Waals surface area contributed by atoms with Crippen molar-refractivity contribution in [3.8, 4) is 0 Å². The Morgan fingerprint density at radius 2 is 1.58 bits per heavy atom. The van der Waals surface area contributed by atoms with E-state index in [2.05, 4.69) is 47.6 Å². The molecule has 0 aromatic heterocycles. The molecule has 12 heteroatoms. The van der Waals surface area contributed by atoms with Crippen molar-refractivity contribution in [3.63, 3.8) is 0 Å². The molecule has 4 aliphatic carbocycles. The normalized spacial score (nSPS) is 57.8. The van der Waals surface area contributed by atoms with Crippen molar-refractivity contribution in [2.45, 2.75) is 160 Å². The van der Waals surface area contributed by atoms with Crippen LogP contribution in [0.25, 0.3) is 0 Å². The SMILES string of the molecule is CC(C)=C[C@@H]1CO[C@]23C[C@]4(CO2)[C@H](CC[C@@H]2[C@@]5(C)CC[C@H](O[C@@H]6OC[C@H](O)[C@H](O)[C@H]6O[C@@H]6O[C@@H](CO)[C@H](O)[C@H]6O)C(C)(C)[C@@H]5CC[C@]24C)[C@H]3[C@@]1(C)O. The highest BCUT2D eigenvalue weighted by Crippen LogP contribution is 2.80. The summed E-state index contributed by atoms with van der Waals surface area (Å²) in [6.45, 7) is 16.3. The van der Waals surface area contributed by atoms with Crippen molar-refractivity contribution in [1.29, 1.82) is 0 Å². The van der Waals surface area contributed by atoms with Crippen LogP contribution in [0.15, 0.2) is 11.6 Å². The number of ether oxygens (including phenoxy) is 6. The predicted molar refractivity (Wildman–Crippen MR) is 186 cm³/mol. The fourth-order valence-electron chi connectivity index (χ4n) is 14.1. The van der Waals surface area contributed by atoms with Crippen LogP contribution in [0.1, 0.15) is 93.4 Å². The largest absolute Gasteiger partial charge is 0.394 e. The van der Waals surface area contributed by atoms with Gasteiger partial charge in [0.1, 0.15) is 36.6 Å². The van der Waals surface area contributed by atoms with Crippen LogP contribution in [0.2, 0.25) is 0 Å². The summed E-state index contributed by atoms with van der Waals surface area (Å²) in [6.07, 6.45) is -1.31. The highest BCUT2D eigenvalue weighted by molar-refractivity contribution is 5.27. The predicted octanol–water partition coefficient (Wildman–Crippen LogP) is 2.64. The average Bonchev–Trinajstić information content (AvgIpc) is 3.70. The molecule has 8 rings (SSSR count). The molecule has 19 atom stereocenters. The molecule has 12 nitrogen and oxygen atoms in total. The maximum atomic E-state index is 12.3. The Labute approximate surface area is 308 Å². The third-order valence-electron chi connectivity index (χ3n) is 16.6. The molecule has 52 heavy (non-hydrogen) atoms. The van der Waals surface area contributed by atoms with E-state index >= 15 is 0 Å². The summed E-state index contributed by atoms with van der Waals surface area (Å²) < 4.78 is 37.8. The topological polar surface area (TPSA) is 177 Å². The number of fused-ring (bicyclic) bond motifs is 4. The minimum absolute atomic E-state index is 0.0159. The monoisotopic (exact) mass is 736 g/mol. The van der Waals surface area contributed by atoms with E-state index in [1.165, 1.54) is 5.57 Å². The number of allylic oxidation sites excluding steroid dienone is 1. The van der Waals surface area contributed by atoms with Crippen LogP contribution in [0.4, 0.5) is 0 Å². The van der Waals surface area contributed by atoms with E-state index in [9.17, 15) is 30.6 Å². The van der Waals surface area contributed by atoms with Crippen LogP contribution < -0.4 is 0 Å². The van der Waals surface area contributed by atoms with Gasteiger partial charge in [0.2, 0.25) is 0 Å². The quantitative estimate of drug-likeness (QED) is 0.174. The van der Waals surface area contributed by atoms with Crippen LogP contribution in [0.5, 0.6) is 0 Å². The highest BCUT2D eigenvalue weighted by Gasteiger charge is 2.81. The van der Waals surface area contributed by atoms with Crippen LogP contribution in [0, 0.1) is 51.2 Å². The molecule has 8 aliphatic rings. The first-order valence-corrected chi connectivity index (χ1v) is 19.9. The van der Waals surface area contributed by atoms with Crippen molar-refractivity contribution in [2.24, 2.45) is 51.2 Å². The molecule has 0 radical (unpaired) electrons. The Bertz CT molecular complexity index is 1400. The van der Waals surface area contributed by atoms with Gasteiger partial charge in [0, 0.05) is 23.7 Å². The fraction of sp³-hybridized carbons (Fsp3) is 0.950. The molecule has 0 aromatic carbocycles. The third kappa shape index (κ3) is 5.15. The number of hydrogen-bond donors (Lipinski definition) is 6. The van der Waals surface area contributed by atoms with Gasteiger partial charge in [-0.1, -0.05) is 39.3 Å². The van der Waals surface area contributed by atoms with Crippen molar-refractivity contribution >= 4 is 0 Å². The maximum Gasteiger partial charge on any atom is 0.187 e. The van der Waals surface area contributed by atoms with Crippen molar-refractivity contribution in [2.75, 3.05) is 26.4 Å². The van der Waals surface area contributed by atoms with E-state index in [1.807, 2.05) is 6.92 Å². The Morgan fingerprint density at radius 3 is 2.27 bits per heavy atom. The summed E-state index contributed by atoms with van der Waals surface area (Å²) >= 11 is 0. The third-order valence-corrected chi connectivity index (χ3v) is 16.6. The summed E-state index contributed by atoms with van der Waals surface area (Å²) in [4.78, 5) is 0. The van der Waals surface area contributed by atoms with Crippen LogP contribution in [-0.2, 0) is 28.4 Å². The van der Waals surface area contributed by atoms with E-state index in [4.69, 9.17) is 28.4 Å². The standard InChI is InChI=1S/C40H64O12/c1-20(2)14-21-16-48-40-18-39(19-49-40)22(32(40)38(21,7)46)8-9-26-36(5)12-11-27(35(3,4)25(36)10-13-37(26,39)6)51-34-31(28(43)23(42)17-47-34)52-33-30(45)29(44)24(15-41)50-33/h14,21-34,41-46H,8-13,15-19H2,1-7H3/t21-,22-,23+,24+,25+,26-,27+,28+,29+,30-,31-,32+,33+,34+,36+,37-,38+,39+,40-/m1/s1. The van der Waals surface area contributed by atoms with Gasteiger partial charge in [-0.15, -0.1) is 0 Å². The zero-order valence-corrected chi connectivity index (χ0v) is 32.1. The summed E-state index contributed by atoms with van der Waals surface area (Å²) in [6, 6.07) is 0. The van der Waals surface area contributed by atoms with E-state index in [0.29, 0.717) is 31.0 Å². The molecule has 0 unspecified atom stereocenters. The molecule has 4 heterocycles. The smallest absolute Gasteiger partial charge is 0.187 e. The van der Waals surface area contributed by atoms with E-state index in [0.717, 1.165) is 44.9 Å². The summed E-state index contributed by atoms with van der Waals surface area (Å²) in [7, 11) is 0. The lowest BCUT2D eigenvalue weighted by Gasteiger charge is -2.70. The lowest BCUT2D eigenvalue weighted by atomic mass is 9.35. The molecule has 4 aliphatic heterocycles. The summed E-state index contributed by atoms with van der Waals surface area (Å²) in [5.74, 6) is 0.263. The van der Waals surface area contributed by atoms with Crippen molar-refractivity contribution in [3.05, 3.63) is 11.6 Å². The molecule has 0 aromatic rings. The first kappa shape index (κ1) is 38.1. The molecule has 4 saturated heterocycles. The molecular weight excluding hydrogens is 672 g/mol. The summed E-state index contributed by atoms with van der Waals surface area (Å²) in [5.41, 5.74) is -0.0222. The zero-order chi connectivity index (χ0) is 37.4. The maximum absolute atomic E-state index is 12.3. The Hall–Kier alpha value is -0.740. The molecule has 0 amide bonds. The van der Waals surface area contributed by atoms with Gasteiger partial charge >= 0.3 is 0 Å². The van der Waals surface area contributed by atoms with Crippen LogP contribution >= 0.6 is 0 Å². The number of rotatable bonds is 6. The number of aliphatic hydroxyl groups is 6. The van der Waals surface area contributed by atoms with Crippen molar-refractivity contribution < 1.29 is 59.1 Å². The second kappa shape index (κ2) is 12.6. The van der Waals surface area contributed by atoms with Gasteiger partial charge in [-0.3, -0.25) is 0 Å². The number of hydrogen-bond acceptors (Lipinski definition) is 12. The van der Waals surface area contributed by atoms with Gasteiger partial charge in [-0.05, 0) is 93.3 Å². The van der Waals surface area contributed by atoms with Crippen molar-refractivity contribution in [1.82, 2.24) is 0 Å². The molecule has 2 spiro atoms. The van der Waals surface area contributed by atoms with Crippen LogP contribution in [0.3, 0.4) is 0 Å². The number of aliphatic hydroxyl groups excluding tert-OH is 5. The average molecular weight is 737 g/mol.